The average molecular weight is 258 g/mol. The molecule has 3 rings (SSSR count). The van der Waals surface area contributed by atoms with Crippen molar-refractivity contribution in [2.24, 2.45) is 11.8 Å². The Hall–Kier alpha value is -1.35. The van der Waals surface area contributed by atoms with Crippen LogP contribution in [0.1, 0.15) is 18.4 Å². The maximum atomic E-state index is 12.3. The van der Waals surface area contributed by atoms with E-state index in [-0.39, 0.29) is 0 Å². The Labute approximate surface area is 115 Å². The van der Waals surface area contributed by atoms with E-state index in [9.17, 15) is 4.79 Å². The number of hydrogen-bond donors (Lipinski definition) is 1. The molecule has 2 saturated heterocycles. The SMILES string of the molecule is O=C(CCc1ccccc1)N1CCC2CNCC2C1. The van der Waals surface area contributed by atoms with Crippen LogP contribution < -0.4 is 5.32 Å². The molecule has 1 aromatic rings. The Morgan fingerprint density at radius 1 is 1.21 bits per heavy atom. The molecule has 1 N–H and O–H groups in total. The smallest absolute Gasteiger partial charge is 0.222 e. The lowest BCUT2D eigenvalue weighted by Gasteiger charge is -2.34. The minimum absolute atomic E-state index is 0.328. The summed E-state index contributed by atoms with van der Waals surface area (Å²) in [5.74, 6) is 1.82. The molecule has 0 spiro atoms. The van der Waals surface area contributed by atoms with Gasteiger partial charge in [-0.3, -0.25) is 4.79 Å². The quantitative estimate of drug-likeness (QED) is 0.895. The van der Waals surface area contributed by atoms with Crippen LogP contribution in [0.2, 0.25) is 0 Å². The highest BCUT2D eigenvalue weighted by Gasteiger charge is 2.34. The number of nitrogens with one attached hydrogen (secondary N) is 1. The summed E-state index contributed by atoms with van der Waals surface area (Å²) in [4.78, 5) is 14.3. The minimum atomic E-state index is 0.328. The van der Waals surface area contributed by atoms with E-state index >= 15 is 0 Å². The summed E-state index contributed by atoms with van der Waals surface area (Å²) in [5.41, 5.74) is 1.26. The van der Waals surface area contributed by atoms with Gasteiger partial charge in [0, 0.05) is 19.5 Å². The molecule has 3 nitrogen and oxygen atoms in total. The maximum absolute atomic E-state index is 12.3. The number of benzene rings is 1. The van der Waals surface area contributed by atoms with Crippen LogP contribution in [-0.2, 0) is 11.2 Å². The number of piperidine rings is 1. The van der Waals surface area contributed by atoms with Crippen molar-refractivity contribution in [2.45, 2.75) is 19.3 Å². The van der Waals surface area contributed by atoms with Gasteiger partial charge in [0.25, 0.3) is 0 Å². The fraction of sp³-hybridized carbons (Fsp3) is 0.562. The van der Waals surface area contributed by atoms with Gasteiger partial charge < -0.3 is 10.2 Å². The second kappa shape index (κ2) is 5.74. The number of amides is 1. The summed E-state index contributed by atoms with van der Waals surface area (Å²) in [5, 5.41) is 3.44. The molecule has 2 fully saturated rings. The summed E-state index contributed by atoms with van der Waals surface area (Å²) in [6.07, 6.45) is 2.69. The Morgan fingerprint density at radius 3 is 2.84 bits per heavy atom. The van der Waals surface area contributed by atoms with E-state index in [1.807, 2.05) is 18.2 Å². The van der Waals surface area contributed by atoms with Crippen LogP contribution in [0, 0.1) is 11.8 Å². The molecule has 0 saturated carbocycles. The van der Waals surface area contributed by atoms with Crippen LogP contribution in [0.25, 0.3) is 0 Å². The van der Waals surface area contributed by atoms with Crippen LogP contribution in [0.15, 0.2) is 30.3 Å². The Kier molecular flexibility index (Phi) is 3.83. The van der Waals surface area contributed by atoms with Gasteiger partial charge in [0.05, 0.1) is 0 Å². The number of nitrogens with zero attached hydrogens (tertiary/aromatic N) is 1. The zero-order chi connectivity index (χ0) is 13.1. The average Bonchev–Trinajstić information content (AvgIpc) is 2.93. The zero-order valence-electron chi connectivity index (χ0n) is 11.3. The van der Waals surface area contributed by atoms with Gasteiger partial charge in [-0.1, -0.05) is 30.3 Å². The van der Waals surface area contributed by atoms with Gasteiger partial charge in [-0.05, 0) is 43.3 Å². The number of aryl methyl sites for hydroxylation is 1. The Balaban J connectivity index is 1.50. The van der Waals surface area contributed by atoms with Crippen LogP contribution >= 0.6 is 0 Å². The number of likely N-dealkylation sites (tertiary alicyclic amines) is 1. The number of fused-ring (bicyclic) bond motifs is 1. The molecule has 0 aromatic heterocycles. The molecule has 2 heterocycles. The van der Waals surface area contributed by atoms with E-state index < -0.39 is 0 Å². The van der Waals surface area contributed by atoms with Gasteiger partial charge in [0.15, 0.2) is 0 Å². The minimum Gasteiger partial charge on any atom is -0.342 e. The molecule has 1 aromatic carbocycles. The van der Waals surface area contributed by atoms with Crippen molar-refractivity contribution in [3.05, 3.63) is 35.9 Å². The van der Waals surface area contributed by atoms with Crippen LogP contribution in [-0.4, -0.2) is 37.0 Å². The number of hydrogen-bond acceptors (Lipinski definition) is 2. The molecule has 0 bridgehead atoms. The Morgan fingerprint density at radius 2 is 2.00 bits per heavy atom. The Bertz CT molecular complexity index is 432. The number of carbonyl (C=O) groups excluding carboxylic acids is 1. The predicted molar refractivity (Wildman–Crippen MR) is 75.8 cm³/mol. The third kappa shape index (κ3) is 2.98. The first-order chi connectivity index (χ1) is 9.33. The molecule has 102 valence electrons. The first kappa shape index (κ1) is 12.7. The fourth-order valence-electron chi connectivity index (χ4n) is 3.32. The maximum Gasteiger partial charge on any atom is 0.222 e. The molecule has 19 heavy (non-hydrogen) atoms. The van der Waals surface area contributed by atoms with E-state index in [4.69, 9.17) is 0 Å². The van der Waals surface area contributed by atoms with Gasteiger partial charge in [-0.25, -0.2) is 0 Å². The number of carbonyl (C=O) groups is 1. The van der Waals surface area contributed by atoms with E-state index in [0.29, 0.717) is 18.2 Å². The van der Waals surface area contributed by atoms with E-state index in [1.165, 1.54) is 12.0 Å². The topological polar surface area (TPSA) is 32.3 Å². The third-order valence-electron chi connectivity index (χ3n) is 4.53. The van der Waals surface area contributed by atoms with Crippen molar-refractivity contribution in [1.29, 1.82) is 0 Å². The molecule has 2 unspecified atom stereocenters. The standard InChI is InChI=1S/C16H22N2O/c19-16(7-6-13-4-2-1-3-5-13)18-9-8-14-10-17-11-15(14)12-18/h1-5,14-15,17H,6-12H2. The van der Waals surface area contributed by atoms with Gasteiger partial charge in [-0.15, -0.1) is 0 Å². The van der Waals surface area contributed by atoms with E-state index in [2.05, 4.69) is 22.3 Å². The van der Waals surface area contributed by atoms with Crippen molar-refractivity contribution in [1.82, 2.24) is 10.2 Å². The summed E-state index contributed by atoms with van der Waals surface area (Å²) in [6.45, 7) is 4.16. The van der Waals surface area contributed by atoms with Crippen LogP contribution in [0.4, 0.5) is 0 Å². The molecular weight excluding hydrogens is 236 g/mol. The molecule has 1 amide bonds. The molecule has 3 heteroatoms. The summed E-state index contributed by atoms with van der Waals surface area (Å²) in [6, 6.07) is 10.3. The summed E-state index contributed by atoms with van der Waals surface area (Å²) < 4.78 is 0. The van der Waals surface area contributed by atoms with Crippen molar-refractivity contribution in [3.8, 4) is 0 Å². The normalized spacial score (nSPS) is 26.2. The second-order valence-electron chi connectivity index (χ2n) is 5.79. The molecule has 2 atom stereocenters. The molecule has 0 aliphatic carbocycles. The summed E-state index contributed by atoms with van der Waals surface area (Å²) >= 11 is 0. The molecular formula is C16H22N2O. The third-order valence-corrected chi connectivity index (χ3v) is 4.53. The first-order valence-electron chi connectivity index (χ1n) is 7.35. The van der Waals surface area contributed by atoms with Crippen LogP contribution in [0.5, 0.6) is 0 Å². The zero-order valence-corrected chi connectivity index (χ0v) is 11.3. The monoisotopic (exact) mass is 258 g/mol. The largest absolute Gasteiger partial charge is 0.342 e. The van der Waals surface area contributed by atoms with Gasteiger partial charge in [0.2, 0.25) is 5.91 Å². The van der Waals surface area contributed by atoms with Crippen LogP contribution in [0.3, 0.4) is 0 Å². The van der Waals surface area contributed by atoms with Crippen molar-refractivity contribution in [3.63, 3.8) is 0 Å². The lowest BCUT2D eigenvalue weighted by molar-refractivity contribution is -0.133. The highest BCUT2D eigenvalue weighted by atomic mass is 16.2. The van der Waals surface area contributed by atoms with Crippen molar-refractivity contribution < 1.29 is 4.79 Å². The summed E-state index contributed by atoms with van der Waals surface area (Å²) in [7, 11) is 0. The van der Waals surface area contributed by atoms with E-state index in [1.54, 1.807) is 0 Å². The number of rotatable bonds is 3. The second-order valence-corrected chi connectivity index (χ2v) is 5.79. The van der Waals surface area contributed by atoms with Crippen molar-refractivity contribution in [2.75, 3.05) is 26.2 Å². The predicted octanol–water partition coefficient (Wildman–Crippen LogP) is 1.69. The highest BCUT2D eigenvalue weighted by molar-refractivity contribution is 5.76. The first-order valence-corrected chi connectivity index (χ1v) is 7.35. The van der Waals surface area contributed by atoms with Gasteiger partial charge >= 0.3 is 0 Å². The fourth-order valence-corrected chi connectivity index (χ4v) is 3.32. The van der Waals surface area contributed by atoms with E-state index in [0.717, 1.165) is 38.5 Å². The molecule has 2 aliphatic rings. The molecule has 2 aliphatic heterocycles. The van der Waals surface area contributed by atoms with Gasteiger partial charge in [-0.2, -0.15) is 0 Å². The highest BCUT2D eigenvalue weighted by Crippen LogP contribution is 2.26. The van der Waals surface area contributed by atoms with Crippen molar-refractivity contribution >= 4 is 5.91 Å². The lowest BCUT2D eigenvalue weighted by Crippen LogP contribution is -2.43. The lowest BCUT2D eigenvalue weighted by atomic mass is 9.88. The molecule has 0 radical (unpaired) electrons. The van der Waals surface area contributed by atoms with Gasteiger partial charge in [0.1, 0.15) is 0 Å².